The van der Waals surface area contributed by atoms with E-state index in [4.69, 9.17) is 11.6 Å². The largest absolute Gasteiger partial charge is 0.408 e. The van der Waals surface area contributed by atoms with Crippen LogP contribution in [0.3, 0.4) is 0 Å². The molecule has 3 nitrogen and oxygen atoms in total. The highest BCUT2D eigenvalue weighted by Gasteiger charge is 2.47. The van der Waals surface area contributed by atoms with Crippen LogP contribution in [0.2, 0.25) is 5.02 Å². The van der Waals surface area contributed by atoms with Crippen molar-refractivity contribution in [1.82, 2.24) is 4.90 Å². The monoisotopic (exact) mass is 334 g/mol. The zero-order valence-corrected chi connectivity index (χ0v) is 13.0. The smallest absolute Gasteiger partial charge is 0.325 e. The van der Waals surface area contributed by atoms with E-state index in [1.807, 2.05) is 6.92 Å². The minimum absolute atomic E-state index is 0.00217. The summed E-state index contributed by atoms with van der Waals surface area (Å²) in [7, 11) is 0. The fourth-order valence-corrected chi connectivity index (χ4v) is 2.87. The standard InChI is InChI=1S/C15H18ClF3N2O/c1-2-3-4-7-21-9-13(22)20-12-6-5-10(16)8-11(12)14(21)15(17,18)19/h5-6,8,14H,2-4,7,9H2,1H3,(H,20,22). The van der Waals surface area contributed by atoms with Gasteiger partial charge in [-0.25, -0.2) is 0 Å². The van der Waals surface area contributed by atoms with Crippen molar-refractivity contribution in [2.75, 3.05) is 18.4 Å². The van der Waals surface area contributed by atoms with E-state index in [2.05, 4.69) is 5.32 Å². The second-order valence-electron chi connectivity index (χ2n) is 5.40. The van der Waals surface area contributed by atoms with Gasteiger partial charge in [0, 0.05) is 16.3 Å². The van der Waals surface area contributed by atoms with Crippen LogP contribution in [0.25, 0.3) is 0 Å². The lowest BCUT2D eigenvalue weighted by molar-refractivity contribution is -0.186. The number of carbonyl (C=O) groups excluding carboxylic acids is 1. The summed E-state index contributed by atoms with van der Waals surface area (Å²) in [5.41, 5.74) is 0.178. The Kier molecular flexibility index (Phi) is 5.34. The van der Waals surface area contributed by atoms with Crippen LogP contribution >= 0.6 is 11.6 Å². The van der Waals surface area contributed by atoms with Gasteiger partial charge in [-0.05, 0) is 31.2 Å². The Morgan fingerprint density at radius 1 is 1.36 bits per heavy atom. The molecule has 0 bridgehead atoms. The first-order valence-electron chi connectivity index (χ1n) is 7.23. The number of rotatable bonds is 4. The summed E-state index contributed by atoms with van der Waals surface area (Å²) < 4.78 is 40.8. The number of nitrogens with zero attached hydrogens (tertiary/aromatic N) is 1. The SMILES string of the molecule is CCCCCN1CC(=O)Nc2ccc(Cl)cc2C1C(F)(F)F. The van der Waals surface area contributed by atoms with Crippen molar-refractivity contribution in [3.63, 3.8) is 0 Å². The first-order chi connectivity index (χ1) is 10.3. The Morgan fingerprint density at radius 2 is 2.09 bits per heavy atom. The predicted octanol–water partition coefficient (Wildman–Crippen LogP) is 4.39. The quantitative estimate of drug-likeness (QED) is 0.828. The van der Waals surface area contributed by atoms with E-state index >= 15 is 0 Å². The average Bonchev–Trinajstić information content (AvgIpc) is 2.53. The second kappa shape index (κ2) is 6.87. The molecule has 0 spiro atoms. The molecule has 1 aromatic carbocycles. The molecule has 1 heterocycles. The molecule has 1 atom stereocenters. The van der Waals surface area contributed by atoms with Crippen LogP contribution in [0.1, 0.15) is 37.8 Å². The van der Waals surface area contributed by atoms with Gasteiger partial charge in [0.1, 0.15) is 6.04 Å². The summed E-state index contributed by atoms with van der Waals surface area (Å²) >= 11 is 5.86. The molecule has 0 saturated carbocycles. The van der Waals surface area contributed by atoms with E-state index in [1.54, 1.807) is 0 Å². The topological polar surface area (TPSA) is 32.3 Å². The number of unbranched alkanes of at least 4 members (excludes halogenated alkanes) is 2. The lowest BCUT2D eigenvalue weighted by Gasteiger charge is -2.31. The molecule has 0 radical (unpaired) electrons. The van der Waals surface area contributed by atoms with Gasteiger partial charge in [-0.3, -0.25) is 9.69 Å². The maximum absolute atomic E-state index is 13.6. The number of nitrogens with one attached hydrogen (secondary N) is 1. The van der Waals surface area contributed by atoms with Gasteiger partial charge >= 0.3 is 6.18 Å². The Balaban J connectivity index is 2.42. The fourth-order valence-electron chi connectivity index (χ4n) is 2.69. The summed E-state index contributed by atoms with van der Waals surface area (Å²) in [5, 5.41) is 2.75. The van der Waals surface area contributed by atoms with Gasteiger partial charge in [0.2, 0.25) is 5.91 Å². The average molecular weight is 335 g/mol. The summed E-state index contributed by atoms with van der Waals surface area (Å²) in [5.74, 6) is -0.438. The minimum atomic E-state index is -4.47. The van der Waals surface area contributed by atoms with E-state index in [-0.39, 0.29) is 29.4 Å². The van der Waals surface area contributed by atoms with Crippen LogP contribution in [0, 0.1) is 0 Å². The highest BCUT2D eigenvalue weighted by atomic mass is 35.5. The molecule has 1 unspecified atom stereocenters. The molecule has 1 aliphatic heterocycles. The number of hydrogen-bond donors (Lipinski definition) is 1. The predicted molar refractivity (Wildman–Crippen MR) is 80.0 cm³/mol. The number of alkyl halides is 3. The summed E-state index contributed by atoms with van der Waals surface area (Å²) in [6.45, 7) is 1.92. The first kappa shape index (κ1) is 17.1. The lowest BCUT2D eigenvalue weighted by atomic mass is 10.0. The zero-order valence-electron chi connectivity index (χ0n) is 12.2. The number of amides is 1. The van der Waals surface area contributed by atoms with Crippen LogP contribution < -0.4 is 5.32 Å². The molecule has 7 heteroatoms. The molecule has 1 amide bonds. The van der Waals surface area contributed by atoms with Gasteiger partial charge in [-0.15, -0.1) is 0 Å². The van der Waals surface area contributed by atoms with Gasteiger partial charge in [0.15, 0.2) is 0 Å². The molecular weight excluding hydrogens is 317 g/mol. The van der Waals surface area contributed by atoms with Crippen LogP contribution in [0.5, 0.6) is 0 Å². The normalized spacial score (nSPS) is 19.5. The van der Waals surface area contributed by atoms with E-state index in [1.165, 1.54) is 23.1 Å². The van der Waals surface area contributed by atoms with E-state index in [0.29, 0.717) is 6.42 Å². The van der Waals surface area contributed by atoms with Crippen LogP contribution in [-0.2, 0) is 4.79 Å². The summed E-state index contributed by atoms with van der Waals surface area (Å²) in [4.78, 5) is 13.1. The van der Waals surface area contributed by atoms with Crippen molar-refractivity contribution < 1.29 is 18.0 Å². The minimum Gasteiger partial charge on any atom is -0.325 e. The number of carbonyl (C=O) groups is 1. The third-order valence-corrected chi connectivity index (χ3v) is 3.89. The van der Waals surface area contributed by atoms with Gasteiger partial charge in [-0.1, -0.05) is 31.4 Å². The molecular formula is C15H18ClF3N2O. The van der Waals surface area contributed by atoms with Crippen molar-refractivity contribution in [2.45, 2.75) is 38.4 Å². The Labute approximate surface area is 132 Å². The maximum Gasteiger partial charge on any atom is 0.408 e. The Morgan fingerprint density at radius 3 is 2.73 bits per heavy atom. The number of fused-ring (bicyclic) bond motifs is 1. The molecule has 22 heavy (non-hydrogen) atoms. The molecule has 2 rings (SSSR count). The molecule has 1 aromatic rings. The fraction of sp³-hybridized carbons (Fsp3) is 0.533. The third kappa shape index (κ3) is 3.93. The van der Waals surface area contributed by atoms with Crippen LogP contribution in [-0.4, -0.2) is 30.1 Å². The van der Waals surface area contributed by atoms with Crippen molar-refractivity contribution >= 4 is 23.2 Å². The number of anilines is 1. The molecule has 0 aliphatic carbocycles. The Hall–Kier alpha value is -1.27. The van der Waals surface area contributed by atoms with Crippen molar-refractivity contribution in [3.8, 4) is 0 Å². The van der Waals surface area contributed by atoms with Gasteiger partial charge in [0.05, 0.1) is 6.54 Å². The molecule has 1 aliphatic rings. The number of benzene rings is 1. The third-order valence-electron chi connectivity index (χ3n) is 3.65. The summed E-state index contributed by atoms with van der Waals surface area (Å²) in [6, 6.07) is 2.36. The molecule has 1 N–H and O–H groups in total. The number of halogens is 4. The first-order valence-corrected chi connectivity index (χ1v) is 7.60. The van der Waals surface area contributed by atoms with Crippen LogP contribution in [0.15, 0.2) is 18.2 Å². The highest BCUT2D eigenvalue weighted by Crippen LogP contribution is 2.43. The summed E-state index contributed by atoms with van der Waals surface area (Å²) in [6.07, 6.45) is -2.13. The van der Waals surface area contributed by atoms with E-state index in [0.717, 1.165) is 12.8 Å². The van der Waals surface area contributed by atoms with Crippen molar-refractivity contribution in [2.24, 2.45) is 0 Å². The van der Waals surface area contributed by atoms with Gasteiger partial charge in [0.25, 0.3) is 0 Å². The lowest BCUT2D eigenvalue weighted by Crippen LogP contribution is -2.41. The van der Waals surface area contributed by atoms with Gasteiger partial charge < -0.3 is 5.32 Å². The van der Waals surface area contributed by atoms with Crippen LogP contribution in [0.4, 0.5) is 18.9 Å². The zero-order chi connectivity index (χ0) is 16.3. The van der Waals surface area contributed by atoms with Gasteiger partial charge in [-0.2, -0.15) is 13.2 Å². The Bertz CT molecular complexity index is 548. The maximum atomic E-state index is 13.6. The highest BCUT2D eigenvalue weighted by molar-refractivity contribution is 6.30. The molecule has 0 fully saturated rings. The number of hydrogen-bond acceptors (Lipinski definition) is 2. The van der Waals surface area contributed by atoms with E-state index in [9.17, 15) is 18.0 Å². The second-order valence-corrected chi connectivity index (χ2v) is 5.84. The van der Waals surface area contributed by atoms with Crippen molar-refractivity contribution in [1.29, 1.82) is 0 Å². The van der Waals surface area contributed by atoms with E-state index < -0.39 is 18.1 Å². The molecule has 122 valence electrons. The van der Waals surface area contributed by atoms with Crippen molar-refractivity contribution in [3.05, 3.63) is 28.8 Å². The molecule has 0 aromatic heterocycles. The molecule has 0 saturated heterocycles.